The number of hydrogen-bond donors (Lipinski definition) is 3. The number of anilines is 2. The van der Waals surface area contributed by atoms with E-state index in [1.807, 2.05) is 19.1 Å². The highest BCUT2D eigenvalue weighted by Gasteiger charge is 2.30. The van der Waals surface area contributed by atoms with Gasteiger partial charge in [-0.3, -0.25) is 19.1 Å². The van der Waals surface area contributed by atoms with Gasteiger partial charge in [-0.15, -0.1) is 0 Å². The summed E-state index contributed by atoms with van der Waals surface area (Å²) in [6.07, 6.45) is 2.17. The number of halogens is 1. The Morgan fingerprint density at radius 2 is 1.91 bits per heavy atom. The first kappa shape index (κ1) is 22.1. The van der Waals surface area contributed by atoms with Gasteiger partial charge in [-0.05, 0) is 37.0 Å². The molecule has 1 aromatic carbocycles. The zero-order chi connectivity index (χ0) is 23.0. The van der Waals surface area contributed by atoms with Crippen molar-refractivity contribution in [1.29, 1.82) is 0 Å². The summed E-state index contributed by atoms with van der Waals surface area (Å²) >= 11 is 7.03. The minimum atomic E-state index is -0.789. The fraction of sp³-hybridized carbons (Fsp3) is 0.286. The molecular formula is C21H21ClN6O3S. The van der Waals surface area contributed by atoms with Crippen LogP contribution in [0.2, 0.25) is 5.02 Å². The fourth-order valence-electron chi connectivity index (χ4n) is 3.49. The number of H-pyrrole nitrogens is 1. The molecule has 1 aliphatic rings. The van der Waals surface area contributed by atoms with Crippen LogP contribution in [-0.2, 0) is 6.42 Å². The van der Waals surface area contributed by atoms with Crippen LogP contribution < -0.4 is 22.7 Å². The molecule has 9 nitrogen and oxygen atoms in total. The van der Waals surface area contributed by atoms with Gasteiger partial charge in [0.25, 0.3) is 5.56 Å². The summed E-state index contributed by atoms with van der Waals surface area (Å²) in [4.78, 5) is 48.1. The molecule has 0 unspecified atom stereocenters. The van der Waals surface area contributed by atoms with E-state index >= 15 is 0 Å². The lowest BCUT2D eigenvalue weighted by Gasteiger charge is -2.13. The third-order valence-corrected chi connectivity index (χ3v) is 6.26. The molecule has 1 aliphatic carbocycles. The second-order valence-corrected chi connectivity index (χ2v) is 8.79. The molecule has 11 heteroatoms. The largest absolute Gasteiger partial charge is 0.384 e. The molecule has 0 aliphatic heterocycles. The van der Waals surface area contributed by atoms with Gasteiger partial charge in [0.2, 0.25) is 0 Å². The van der Waals surface area contributed by atoms with Crippen LogP contribution in [0.15, 0.2) is 39.0 Å². The first-order chi connectivity index (χ1) is 15.3. The molecule has 166 valence electrons. The Morgan fingerprint density at radius 3 is 2.53 bits per heavy atom. The third kappa shape index (κ3) is 4.28. The Balaban J connectivity index is 1.59. The molecule has 1 saturated carbocycles. The molecule has 0 spiro atoms. The Hall–Kier alpha value is -3.11. The van der Waals surface area contributed by atoms with Gasteiger partial charge >= 0.3 is 5.69 Å². The number of carbonyl (C=O) groups excluding carboxylic acids is 1. The average Bonchev–Trinajstić information content (AvgIpc) is 3.57. The quantitative estimate of drug-likeness (QED) is 0.270. The minimum Gasteiger partial charge on any atom is -0.384 e. The lowest BCUT2D eigenvalue weighted by molar-refractivity contribution is 0.102. The van der Waals surface area contributed by atoms with E-state index in [0.29, 0.717) is 16.6 Å². The number of nitrogens with one attached hydrogen (secondary N) is 1. The number of carbonyl (C=O) groups is 1. The minimum absolute atomic E-state index is 0.0748. The van der Waals surface area contributed by atoms with Crippen LogP contribution >= 0.6 is 23.4 Å². The second kappa shape index (κ2) is 8.79. The number of rotatable bonds is 7. The lowest BCUT2D eigenvalue weighted by Crippen LogP contribution is -2.36. The van der Waals surface area contributed by atoms with Gasteiger partial charge in [0, 0.05) is 16.6 Å². The molecule has 4 rings (SSSR count). The molecule has 0 saturated heterocycles. The summed E-state index contributed by atoms with van der Waals surface area (Å²) in [7, 11) is 0. The van der Waals surface area contributed by atoms with Crippen LogP contribution in [0.3, 0.4) is 0 Å². The van der Waals surface area contributed by atoms with Crippen LogP contribution in [0.5, 0.6) is 0 Å². The maximum absolute atomic E-state index is 12.8. The highest BCUT2D eigenvalue weighted by atomic mass is 35.5. The molecule has 0 bridgehead atoms. The summed E-state index contributed by atoms with van der Waals surface area (Å²) < 4.78 is 1.28. The van der Waals surface area contributed by atoms with Crippen molar-refractivity contribution in [2.45, 2.75) is 37.4 Å². The number of Topliss-reactive ketones (excluding diaryl/α,β-unsaturated/α-hetero) is 1. The Morgan fingerprint density at radius 1 is 1.22 bits per heavy atom. The highest BCUT2D eigenvalue weighted by molar-refractivity contribution is 7.99. The van der Waals surface area contributed by atoms with Crippen molar-refractivity contribution >= 4 is 40.8 Å². The first-order valence-corrected chi connectivity index (χ1v) is 11.4. The number of aryl methyl sites for hydroxylation is 1. The van der Waals surface area contributed by atoms with Gasteiger partial charge in [-0.2, -0.15) is 0 Å². The smallest absolute Gasteiger partial charge is 0.330 e. The monoisotopic (exact) mass is 472 g/mol. The number of ketones is 1. The fourth-order valence-corrected chi connectivity index (χ4v) is 4.36. The summed E-state index contributed by atoms with van der Waals surface area (Å²) in [6.45, 7) is 1.95. The van der Waals surface area contributed by atoms with Gasteiger partial charge in [-0.25, -0.2) is 14.8 Å². The molecule has 32 heavy (non-hydrogen) atoms. The first-order valence-electron chi connectivity index (χ1n) is 10.0. The molecule has 3 aromatic rings. The molecule has 2 aromatic heterocycles. The van der Waals surface area contributed by atoms with E-state index < -0.39 is 17.0 Å². The number of thioether (sulfide) groups is 1. The van der Waals surface area contributed by atoms with Crippen LogP contribution in [0.1, 0.15) is 41.9 Å². The van der Waals surface area contributed by atoms with Gasteiger partial charge in [0.15, 0.2) is 10.9 Å². The van der Waals surface area contributed by atoms with Crippen LogP contribution in [0.25, 0.3) is 11.1 Å². The Bertz CT molecular complexity index is 1310. The van der Waals surface area contributed by atoms with E-state index in [0.717, 1.165) is 41.4 Å². The van der Waals surface area contributed by atoms with Crippen molar-refractivity contribution in [2.24, 2.45) is 0 Å². The number of hydrogen-bond acceptors (Lipinski definition) is 8. The Kier molecular flexibility index (Phi) is 6.07. The van der Waals surface area contributed by atoms with Crippen LogP contribution in [0.4, 0.5) is 11.6 Å². The summed E-state index contributed by atoms with van der Waals surface area (Å²) in [5.74, 6) is -0.447. The maximum Gasteiger partial charge on any atom is 0.330 e. The van der Waals surface area contributed by atoms with Crippen molar-refractivity contribution in [2.75, 3.05) is 17.2 Å². The Labute approximate surface area is 192 Å². The van der Waals surface area contributed by atoms with E-state index in [2.05, 4.69) is 15.0 Å². The number of benzene rings is 1. The van der Waals surface area contributed by atoms with Crippen molar-refractivity contribution in [1.82, 2.24) is 19.5 Å². The molecular weight excluding hydrogens is 452 g/mol. The number of nitrogens with two attached hydrogens (primary N) is 2. The SMILES string of the molecule is CCc1nc(SCC(=O)c2c(N)n(C3CC3)c(=O)[nH]c2=O)nc(N)c1-c1ccc(Cl)cc1. The van der Waals surface area contributed by atoms with Crippen molar-refractivity contribution in [3.63, 3.8) is 0 Å². The van der Waals surface area contributed by atoms with E-state index in [4.69, 9.17) is 23.1 Å². The van der Waals surface area contributed by atoms with Gasteiger partial charge < -0.3 is 11.5 Å². The predicted octanol–water partition coefficient (Wildman–Crippen LogP) is 2.68. The summed E-state index contributed by atoms with van der Waals surface area (Å²) in [5.41, 5.74) is 12.9. The number of aromatic amines is 1. The number of nitrogens with zero attached hydrogens (tertiary/aromatic N) is 3. The molecule has 2 heterocycles. The topological polar surface area (TPSA) is 150 Å². The zero-order valence-corrected chi connectivity index (χ0v) is 18.8. The molecule has 1 fully saturated rings. The molecule has 5 N–H and O–H groups in total. The van der Waals surface area contributed by atoms with Crippen molar-refractivity contribution in [3.05, 3.63) is 61.4 Å². The van der Waals surface area contributed by atoms with Gasteiger partial charge in [0.1, 0.15) is 17.2 Å². The predicted molar refractivity (Wildman–Crippen MR) is 125 cm³/mol. The van der Waals surface area contributed by atoms with E-state index in [9.17, 15) is 14.4 Å². The third-order valence-electron chi connectivity index (χ3n) is 5.16. The van der Waals surface area contributed by atoms with E-state index in [1.54, 1.807) is 12.1 Å². The molecule has 0 radical (unpaired) electrons. The zero-order valence-electron chi connectivity index (χ0n) is 17.2. The van der Waals surface area contributed by atoms with E-state index in [1.165, 1.54) is 4.57 Å². The van der Waals surface area contributed by atoms with Crippen molar-refractivity contribution in [3.8, 4) is 11.1 Å². The van der Waals surface area contributed by atoms with Gasteiger partial charge in [-0.1, -0.05) is 42.4 Å². The average molecular weight is 473 g/mol. The van der Waals surface area contributed by atoms with Crippen molar-refractivity contribution < 1.29 is 4.79 Å². The van der Waals surface area contributed by atoms with Gasteiger partial charge in [0.05, 0.1) is 11.4 Å². The van der Waals surface area contributed by atoms with Crippen LogP contribution in [0, 0.1) is 0 Å². The molecule has 0 amide bonds. The summed E-state index contributed by atoms with van der Waals surface area (Å²) in [5, 5.41) is 0.926. The summed E-state index contributed by atoms with van der Waals surface area (Å²) in [6, 6.07) is 7.14. The molecule has 0 atom stereocenters. The number of nitrogen functional groups attached to an aromatic ring is 2. The number of aromatic nitrogens is 4. The highest BCUT2D eigenvalue weighted by Crippen LogP contribution is 2.35. The normalized spacial score (nSPS) is 13.3. The van der Waals surface area contributed by atoms with E-state index in [-0.39, 0.29) is 29.0 Å². The second-order valence-electron chi connectivity index (χ2n) is 7.41. The standard InChI is InChI=1S/C21H21ClN6O3S/c1-2-13-15(10-3-5-11(22)6-4-10)17(23)26-20(25-13)32-9-14(29)16-18(24)28(12-7-8-12)21(31)27-19(16)30/h3-6,12H,2,7-9,24H2,1H3,(H2,23,25,26)(H,27,30,31). The van der Waals surface area contributed by atoms with Crippen LogP contribution in [-0.4, -0.2) is 31.1 Å². The lowest BCUT2D eigenvalue weighted by atomic mass is 10.0. The maximum atomic E-state index is 12.8.